The van der Waals surface area contributed by atoms with Gasteiger partial charge in [0, 0.05) is 77.4 Å². The number of hydrogen-bond acceptors (Lipinski definition) is 10. The van der Waals surface area contributed by atoms with Gasteiger partial charge in [-0.3, -0.25) is 24.2 Å². The van der Waals surface area contributed by atoms with E-state index in [-0.39, 0.29) is 58.2 Å². The van der Waals surface area contributed by atoms with Crippen LogP contribution in [0.2, 0.25) is 0 Å². The van der Waals surface area contributed by atoms with E-state index in [4.69, 9.17) is 5.73 Å². The number of nitrogens with zero attached hydrogens (tertiary/aromatic N) is 3. The number of amides is 1. The van der Waals surface area contributed by atoms with Crippen molar-refractivity contribution < 1.29 is 39.6 Å². The maximum absolute atomic E-state index is 12.7. The molecular weight excluding hydrogens is 610 g/mol. The third-order valence-corrected chi connectivity index (χ3v) is 8.99. The molecule has 3 aliphatic rings. The molecule has 3 aliphatic heterocycles. The first-order valence-electron chi connectivity index (χ1n) is 16.4. The first kappa shape index (κ1) is 38.1. The molecule has 0 radical (unpaired) electrons. The van der Waals surface area contributed by atoms with Gasteiger partial charge in [-0.15, -0.1) is 0 Å². The van der Waals surface area contributed by atoms with Crippen molar-refractivity contribution in [2.24, 2.45) is 11.7 Å². The minimum absolute atomic E-state index is 0.00145. The molecule has 0 spiro atoms. The molecule has 15 nitrogen and oxygen atoms in total. The van der Waals surface area contributed by atoms with Gasteiger partial charge >= 0.3 is 24.0 Å². The molecule has 4 rings (SSSR count). The van der Waals surface area contributed by atoms with Crippen LogP contribution in [-0.4, -0.2) is 149 Å². The number of carboxylic acids is 3. The smallest absolute Gasteiger partial charge is 0.407 e. The molecule has 264 valence electrons. The second-order valence-corrected chi connectivity index (χ2v) is 13.4. The standard InChI is InChI=1S/C32H53N7O8/c1-24-4-6-26(7-5-24)16-36-32-20-35-11-10-34-19-31(33,21-38(18-29(44)45)13-14-39(23-32)30(46)47)15-25(8-9-27(40)41)3-2-12-37(22-32)17-28(42)43/h4-7,25,34-36H,2-3,8-23,33H2,1H3,(H,40,41)(H,42,43)(H,44,45)(H,46,47). The number of rotatable bonds is 10. The fraction of sp³-hybridized carbons (Fsp3) is 0.688. The predicted octanol–water partition coefficient (Wildman–Crippen LogP) is 0.132. The Bertz CT molecular complexity index is 1190. The summed E-state index contributed by atoms with van der Waals surface area (Å²) in [6, 6.07) is 7.99. The average Bonchev–Trinajstić information content (AvgIpc) is 2.98. The third-order valence-electron chi connectivity index (χ3n) is 8.99. The van der Waals surface area contributed by atoms with Crippen molar-refractivity contribution in [2.45, 2.75) is 56.7 Å². The number of fused-ring (bicyclic) bond motifs is 16. The first-order chi connectivity index (χ1) is 22.3. The minimum Gasteiger partial charge on any atom is -0.481 e. The number of aryl methyl sites for hydroxylation is 1. The number of nitrogens with two attached hydrogens (primary N) is 1. The van der Waals surface area contributed by atoms with Gasteiger partial charge in [-0.25, -0.2) is 4.79 Å². The molecule has 0 saturated carbocycles. The average molecular weight is 664 g/mol. The summed E-state index contributed by atoms with van der Waals surface area (Å²) in [6.07, 6.45) is 0.755. The Morgan fingerprint density at radius 1 is 0.872 bits per heavy atom. The largest absolute Gasteiger partial charge is 0.481 e. The van der Waals surface area contributed by atoms with Crippen LogP contribution in [-0.2, 0) is 20.9 Å². The first-order valence-corrected chi connectivity index (χ1v) is 16.4. The van der Waals surface area contributed by atoms with Crippen LogP contribution in [0.5, 0.6) is 0 Å². The molecule has 15 heteroatoms. The van der Waals surface area contributed by atoms with Crippen LogP contribution in [0.4, 0.5) is 4.79 Å². The highest BCUT2D eigenvalue weighted by molar-refractivity contribution is 5.69. The summed E-state index contributed by atoms with van der Waals surface area (Å²) in [6.45, 7) is 4.43. The van der Waals surface area contributed by atoms with Crippen molar-refractivity contribution >= 4 is 24.0 Å². The van der Waals surface area contributed by atoms with Gasteiger partial charge in [0.05, 0.1) is 18.6 Å². The number of benzene rings is 1. The van der Waals surface area contributed by atoms with E-state index in [9.17, 15) is 39.6 Å². The number of hydrogen-bond donors (Lipinski definition) is 8. The zero-order valence-electron chi connectivity index (χ0n) is 27.5. The lowest BCUT2D eigenvalue weighted by Crippen LogP contribution is -2.66. The van der Waals surface area contributed by atoms with Gasteiger partial charge in [-0.05, 0) is 50.6 Å². The SMILES string of the molecule is Cc1ccc(CNC23CNCCNCC(N)(CC(CCC(=O)O)CCCN(CC(=O)O)C2)CN(CC(=O)O)CCN(C(=O)O)C3)cc1. The molecule has 2 bridgehead atoms. The Kier molecular flexibility index (Phi) is 14.8. The van der Waals surface area contributed by atoms with Gasteiger partial charge in [0.25, 0.3) is 0 Å². The Hall–Kier alpha value is -3.34. The van der Waals surface area contributed by atoms with E-state index < -0.39 is 35.1 Å². The number of aliphatic carboxylic acids is 3. The highest BCUT2D eigenvalue weighted by Gasteiger charge is 2.38. The van der Waals surface area contributed by atoms with E-state index >= 15 is 0 Å². The molecule has 3 unspecified atom stereocenters. The lowest BCUT2D eigenvalue weighted by Gasteiger charge is -2.43. The molecule has 3 heterocycles. The summed E-state index contributed by atoms with van der Waals surface area (Å²) < 4.78 is 0. The highest BCUT2D eigenvalue weighted by atomic mass is 16.4. The van der Waals surface area contributed by atoms with Crippen molar-refractivity contribution in [2.75, 3.05) is 78.5 Å². The van der Waals surface area contributed by atoms with E-state index in [2.05, 4.69) is 16.0 Å². The van der Waals surface area contributed by atoms with Crippen LogP contribution in [0.1, 0.15) is 43.2 Å². The maximum atomic E-state index is 12.7. The van der Waals surface area contributed by atoms with Crippen molar-refractivity contribution in [3.05, 3.63) is 35.4 Å². The Labute approximate surface area is 276 Å². The number of carboxylic acid groups (broad SMARTS) is 4. The zero-order chi connectivity index (χ0) is 34.5. The molecule has 3 fully saturated rings. The lowest BCUT2D eigenvalue weighted by atomic mass is 9.82. The Balaban J connectivity index is 2.09. The van der Waals surface area contributed by atoms with E-state index in [1.54, 1.807) is 4.90 Å². The number of nitrogens with one attached hydrogen (secondary N) is 3. The zero-order valence-corrected chi connectivity index (χ0v) is 27.5. The molecule has 3 atom stereocenters. The van der Waals surface area contributed by atoms with Gasteiger partial charge < -0.3 is 47.0 Å². The summed E-state index contributed by atoms with van der Waals surface area (Å²) in [5, 5.41) is 50.0. The lowest BCUT2D eigenvalue weighted by molar-refractivity contribution is -0.139. The molecule has 1 aromatic rings. The molecule has 1 aromatic carbocycles. The second kappa shape index (κ2) is 18.3. The van der Waals surface area contributed by atoms with E-state index in [0.29, 0.717) is 65.0 Å². The summed E-state index contributed by atoms with van der Waals surface area (Å²) in [4.78, 5) is 53.0. The van der Waals surface area contributed by atoms with Crippen molar-refractivity contribution in [3.8, 4) is 0 Å². The topological polar surface area (TPSA) is 221 Å². The predicted molar refractivity (Wildman–Crippen MR) is 175 cm³/mol. The maximum Gasteiger partial charge on any atom is 0.407 e. The monoisotopic (exact) mass is 663 g/mol. The Morgan fingerprint density at radius 3 is 2.13 bits per heavy atom. The quantitative estimate of drug-likeness (QED) is 0.167. The minimum atomic E-state index is -1.17. The van der Waals surface area contributed by atoms with Crippen molar-refractivity contribution in [3.63, 3.8) is 0 Å². The summed E-state index contributed by atoms with van der Waals surface area (Å²) >= 11 is 0. The normalized spacial score (nSPS) is 26.2. The molecule has 47 heavy (non-hydrogen) atoms. The molecular formula is C32H53N7O8. The number of carbonyl (C=O) groups is 4. The Morgan fingerprint density at radius 2 is 1.51 bits per heavy atom. The van der Waals surface area contributed by atoms with E-state index in [1.165, 1.54) is 4.90 Å². The fourth-order valence-corrected chi connectivity index (χ4v) is 6.77. The second-order valence-electron chi connectivity index (χ2n) is 13.4. The summed E-state index contributed by atoms with van der Waals surface area (Å²) in [5.74, 6) is -3.10. The summed E-state index contributed by atoms with van der Waals surface area (Å²) in [5.41, 5.74) is 7.24. The third kappa shape index (κ3) is 13.7. The molecule has 9 N–H and O–H groups in total. The van der Waals surface area contributed by atoms with Crippen LogP contribution >= 0.6 is 0 Å². The van der Waals surface area contributed by atoms with E-state index in [1.807, 2.05) is 36.1 Å². The van der Waals surface area contributed by atoms with Gasteiger partial charge in [0.2, 0.25) is 0 Å². The van der Waals surface area contributed by atoms with Crippen LogP contribution < -0.4 is 21.7 Å². The van der Waals surface area contributed by atoms with Crippen LogP contribution in [0.15, 0.2) is 24.3 Å². The van der Waals surface area contributed by atoms with Crippen LogP contribution in [0.25, 0.3) is 0 Å². The molecule has 1 amide bonds. The van der Waals surface area contributed by atoms with E-state index in [0.717, 1.165) is 11.1 Å². The van der Waals surface area contributed by atoms with Crippen LogP contribution in [0.3, 0.4) is 0 Å². The molecule has 0 aromatic heterocycles. The van der Waals surface area contributed by atoms with Gasteiger partial charge in [-0.1, -0.05) is 29.8 Å². The van der Waals surface area contributed by atoms with Gasteiger partial charge in [0.1, 0.15) is 0 Å². The summed E-state index contributed by atoms with van der Waals surface area (Å²) in [7, 11) is 0. The van der Waals surface area contributed by atoms with Gasteiger partial charge in [0.15, 0.2) is 0 Å². The van der Waals surface area contributed by atoms with Crippen LogP contribution in [0, 0.1) is 12.8 Å². The molecule has 3 saturated heterocycles. The fourth-order valence-electron chi connectivity index (χ4n) is 6.77. The molecule has 0 aliphatic carbocycles. The van der Waals surface area contributed by atoms with Crippen molar-refractivity contribution in [1.29, 1.82) is 0 Å². The van der Waals surface area contributed by atoms with Gasteiger partial charge in [-0.2, -0.15) is 0 Å². The highest BCUT2D eigenvalue weighted by Crippen LogP contribution is 2.26. The van der Waals surface area contributed by atoms with Crippen molar-refractivity contribution in [1.82, 2.24) is 30.7 Å².